The Kier molecular flexibility index (Phi) is 10.9. The summed E-state index contributed by atoms with van der Waals surface area (Å²) in [7, 11) is 0. The minimum absolute atomic E-state index is 0.00318. The average molecular weight is 375 g/mol. The van der Waals surface area contributed by atoms with Gasteiger partial charge in [-0.2, -0.15) is 0 Å². The number of ketones is 1. The summed E-state index contributed by atoms with van der Waals surface area (Å²) in [4.78, 5) is 45.6. The number of carbonyl (C=O) groups is 4. The summed E-state index contributed by atoms with van der Waals surface area (Å²) >= 11 is 5.37. The van der Waals surface area contributed by atoms with E-state index in [0.717, 1.165) is 38.5 Å². The molecule has 0 unspecified atom stereocenters. The number of cyclic esters (lactones) is 1. The van der Waals surface area contributed by atoms with Gasteiger partial charge in [0.25, 0.3) is 0 Å². The zero-order valence-electron chi connectivity index (χ0n) is 14.5. The first-order valence-corrected chi connectivity index (χ1v) is 9.36. The number of rotatable bonds is 13. The molecule has 7 nitrogen and oxygen atoms in total. The molecule has 0 saturated carbocycles. The van der Waals surface area contributed by atoms with Crippen LogP contribution in [0.1, 0.15) is 57.8 Å². The maximum absolute atomic E-state index is 11.7. The van der Waals surface area contributed by atoms with Crippen LogP contribution in [-0.4, -0.2) is 48.6 Å². The molecule has 1 heterocycles. The first kappa shape index (κ1) is 21.4. The second kappa shape index (κ2) is 12.7. The Hall–Kier alpha value is -1.63. The topological polar surface area (TPSA) is 102 Å². The van der Waals surface area contributed by atoms with Gasteiger partial charge in [-0.15, -0.1) is 11.6 Å². The van der Waals surface area contributed by atoms with Gasteiger partial charge in [0, 0.05) is 19.4 Å². The summed E-state index contributed by atoms with van der Waals surface area (Å²) in [5, 5.41) is 5.24. The van der Waals surface area contributed by atoms with Gasteiger partial charge >= 0.3 is 5.97 Å². The van der Waals surface area contributed by atoms with Crippen molar-refractivity contribution in [2.24, 2.45) is 0 Å². The average Bonchev–Trinajstić information content (AvgIpc) is 2.97. The van der Waals surface area contributed by atoms with Gasteiger partial charge in [-0.25, -0.2) is 4.79 Å². The van der Waals surface area contributed by atoms with Crippen LogP contribution in [0.2, 0.25) is 0 Å². The van der Waals surface area contributed by atoms with Gasteiger partial charge in [-0.3, -0.25) is 14.4 Å². The molecular formula is C17H27ClN2O5. The Morgan fingerprint density at radius 1 is 1.04 bits per heavy atom. The molecule has 1 rings (SSSR count). The highest BCUT2D eigenvalue weighted by Gasteiger charge is 2.28. The summed E-state index contributed by atoms with van der Waals surface area (Å²) in [6.45, 7) is 0.963. The van der Waals surface area contributed by atoms with E-state index in [2.05, 4.69) is 10.6 Å². The molecule has 0 aliphatic carbocycles. The molecule has 0 bridgehead atoms. The number of nitrogens with one attached hydrogen (secondary N) is 2. The zero-order valence-corrected chi connectivity index (χ0v) is 15.2. The van der Waals surface area contributed by atoms with Crippen LogP contribution in [-0.2, 0) is 23.9 Å². The fourth-order valence-electron chi connectivity index (χ4n) is 2.57. The standard InChI is InChI=1S/C17H27ClN2O5/c18-12-16(23)19-9-6-4-2-1-3-5-7-13(21)11-15(22)20-14-8-10-25-17(14)24/h14H,1-12H2,(H,19,23)(H,20,22)/t14-/m0/s1. The number of ether oxygens (including phenoxy) is 1. The number of hydrogen-bond donors (Lipinski definition) is 2. The van der Waals surface area contributed by atoms with Crippen molar-refractivity contribution in [3.05, 3.63) is 0 Å². The Labute approximate surface area is 153 Å². The minimum Gasteiger partial charge on any atom is -0.464 e. The van der Waals surface area contributed by atoms with E-state index in [4.69, 9.17) is 16.3 Å². The molecule has 0 radical (unpaired) electrons. The highest BCUT2D eigenvalue weighted by molar-refractivity contribution is 6.27. The lowest BCUT2D eigenvalue weighted by Gasteiger charge is -2.08. The van der Waals surface area contributed by atoms with Gasteiger partial charge < -0.3 is 15.4 Å². The second-order valence-electron chi connectivity index (χ2n) is 6.15. The first-order chi connectivity index (χ1) is 12.0. The van der Waals surface area contributed by atoms with Crippen molar-refractivity contribution in [2.45, 2.75) is 63.8 Å². The molecule has 1 atom stereocenters. The Bertz CT molecular complexity index is 470. The number of Topliss-reactive ketones (excluding diaryl/α,β-unsaturated/α-hetero) is 1. The normalized spacial score (nSPS) is 16.4. The highest BCUT2D eigenvalue weighted by Crippen LogP contribution is 2.09. The van der Waals surface area contributed by atoms with Crippen molar-refractivity contribution in [3.63, 3.8) is 0 Å². The van der Waals surface area contributed by atoms with Crippen molar-refractivity contribution in [1.82, 2.24) is 10.6 Å². The van der Waals surface area contributed by atoms with Crippen LogP contribution in [0.5, 0.6) is 0 Å². The van der Waals surface area contributed by atoms with Crippen molar-refractivity contribution >= 4 is 35.2 Å². The maximum Gasteiger partial charge on any atom is 0.328 e. The summed E-state index contributed by atoms with van der Waals surface area (Å²) < 4.78 is 4.75. The van der Waals surface area contributed by atoms with E-state index in [1.165, 1.54) is 0 Å². The number of halogens is 1. The Morgan fingerprint density at radius 2 is 1.72 bits per heavy atom. The minimum atomic E-state index is -0.602. The summed E-state index contributed by atoms with van der Waals surface area (Å²) in [6, 6.07) is -0.602. The lowest BCUT2D eigenvalue weighted by molar-refractivity contribution is -0.142. The first-order valence-electron chi connectivity index (χ1n) is 8.83. The van der Waals surface area contributed by atoms with Crippen LogP contribution in [0.15, 0.2) is 0 Å². The summed E-state index contributed by atoms with van der Waals surface area (Å²) in [5.74, 6) is -1.09. The van der Waals surface area contributed by atoms with E-state index < -0.39 is 17.9 Å². The van der Waals surface area contributed by atoms with E-state index in [1.807, 2.05) is 0 Å². The van der Waals surface area contributed by atoms with Crippen LogP contribution >= 0.6 is 11.6 Å². The quantitative estimate of drug-likeness (QED) is 0.220. The van der Waals surface area contributed by atoms with Gasteiger partial charge in [0.2, 0.25) is 11.8 Å². The molecule has 1 aliphatic rings. The number of hydrogen-bond acceptors (Lipinski definition) is 5. The molecule has 2 amide bonds. The maximum atomic E-state index is 11.7. The molecule has 25 heavy (non-hydrogen) atoms. The van der Waals surface area contributed by atoms with Gasteiger partial charge in [0.05, 0.1) is 13.0 Å². The lowest BCUT2D eigenvalue weighted by Crippen LogP contribution is -2.38. The van der Waals surface area contributed by atoms with Crippen LogP contribution in [0.4, 0.5) is 0 Å². The van der Waals surface area contributed by atoms with E-state index in [-0.39, 0.29) is 24.0 Å². The molecule has 2 N–H and O–H groups in total. The second-order valence-corrected chi connectivity index (χ2v) is 6.41. The van der Waals surface area contributed by atoms with E-state index in [0.29, 0.717) is 26.0 Å². The fourth-order valence-corrected chi connectivity index (χ4v) is 2.66. The highest BCUT2D eigenvalue weighted by atomic mass is 35.5. The smallest absolute Gasteiger partial charge is 0.328 e. The molecule has 0 aromatic heterocycles. The van der Waals surface area contributed by atoms with Crippen molar-refractivity contribution in [3.8, 4) is 0 Å². The van der Waals surface area contributed by atoms with Crippen molar-refractivity contribution < 1.29 is 23.9 Å². The monoisotopic (exact) mass is 374 g/mol. The molecule has 0 aromatic carbocycles. The van der Waals surface area contributed by atoms with Crippen LogP contribution in [0, 0.1) is 0 Å². The van der Waals surface area contributed by atoms with Gasteiger partial charge in [-0.1, -0.05) is 25.7 Å². The molecular weight excluding hydrogens is 348 g/mol. The SMILES string of the molecule is O=C(CCCCCCCCNC(=O)CCl)CC(=O)N[C@H]1CCOC1=O. The molecule has 1 fully saturated rings. The molecule has 1 saturated heterocycles. The third-order valence-corrected chi connectivity index (χ3v) is 4.20. The number of alkyl halides is 1. The van der Waals surface area contributed by atoms with E-state index in [1.54, 1.807) is 0 Å². The van der Waals surface area contributed by atoms with Crippen LogP contribution in [0.25, 0.3) is 0 Å². The number of esters is 1. The predicted molar refractivity (Wildman–Crippen MR) is 93.2 cm³/mol. The summed E-state index contributed by atoms with van der Waals surface area (Å²) in [6.07, 6.45) is 6.40. The molecule has 1 aliphatic heterocycles. The number of carbonyl (C=O) groups excluding carboxylic acids is 4. The third-order valence-electron chi connectivity index (χ3n) is 3.95. The van der Waals surface area contributed by atoms with Crippen LogP contribution in [0.3, 0.4) is 0 Å². The third kappa shape index (κ3) is 10.1. The van der Waals surface area contributed by atoms with Crippen molar-refractivity contribution in [1.29, 1.82) is 0 Å². The molecule has 0 aromatic rings. The molecule has 142 valence electrons. The Balaban J connectivity index is 1.93. The summed E-state index contributed by atoms with van der Waals surface area (Å²) in [5.41, 5.74) is 0. The van der Waals surface area contributed by atoms with Gasteiger partial charge in [0.15, 0.2) is 0 Å². The number of unbranched alkanes of at least 4 members (excludes halogenated alkanes) is 5. The largest absolute Gasteiger partial charge is 0.464 e. The zero-order chi connectivity index (χ0) is 18.5. The lowest BCUT2D eigenvalue weighted by atomic mass is 10.1. The Morgan fingerprint density at radius 3 is 2.36 bits per heavy atom. The fraction of sp³-hybridized carbons (Fsp3) is 0.765. The van der Waals surface area contributed by atoms with E-state index in [9.17, 15) is 19.2 Å². The molecule has 8 heteroatoms. The van der Waals surface area contributed by atoms with Crippen LogP contribution < -0.4 is 10.6 Å². The van der Waals surface area contributed by atoms with Crippen molar-refractivity contribution in [2.75, 3.05) is 19.0 Å². The van der Waals surface area contributed by atoms with E-state index >= 15 is 0 Å². The predicted octanol–water partition coefficient (Wildman–Crippen LogP) is 1.46. The van der Waals surface area contributed by atoms with Gasteiger partial charge in [0.1, 0.15) is 17.7 Å². The molecule has 0 spiro atoms. The number of amides is 2. The van der Waals surface area contributed by atoms with Gasteiger partial charge in [-0.05, 0) is 12.8 Å².